The van der Waals surface area contributed by atoms with Gasteiger partial charge < -0.3 is 20.5 Å². The Kier molecular flexibility index (Phi) is 6.65. The van der Waals surface area contributed by atoms with Crippen LogP contribution < -0.4 is 15.1 Å². The molecule has 3 N–H and O–H groups in total. The predicted molar refractivity (Wildman–Crippen MR) is 122 cm³/mol. The van der Waals surface area contributed by atoms with Gasteiger partial charge in [-0.1, -0.05) is 0 Å². The topological polar surface area (TPSA) is 116 Å². The van der Waals surface area contributed by atoms with E-state index in [9.17, 15) is 18.7 Å². The van der Waals surface area contributed by atoms with E-state index >= 15 is 0 Å². The highest BCUT2D eigenvalue weighted by atomic mass is 19.3. The van der Waals surface area contributed by atoms with Crippen molar-refractivity contribution in [2.75, 3.05) is 37.8 Å². The summed E-state index contributed by atoms with van der Waals surface area (Å²) in [6.07, 6.45) is 5.95. The number of ether oxygens (including phenoxy) is 1. The molecule has 3 aromatic rings. The van der Waals surface area contributed by atoms with Crippen LogP contribution in [0.2, 0.25) is 0 Å². The lowest BCUT2D eigenvalue weighted by molar-refractivity contribution is -0.600. The molecule has 3 aromatic heterocycles. The molecular weight excluding hydrogens is 460 g/mol. The second kappa shape index (κ2) is 9.86. The Morgan fingerprint density at radius 3 is 2.74 bits per heavy atom. The molecule has 12 heteroatoms. The molecule has 1 aliphatic heterocycles. The van der Waals surface area contributed by atoms with Crippen LogP contribution in [0.1, 0.15) is 60.6 Å². The Balaban J connectivity index is 1.56. The van der Waals surface area contributed by atoms with Gasteiger partial charge in [-0.2, -0.15) is 9.78 Å². The molecule has 1 aliphatic carbocycles. The first kappa shape index (κ1) is 23.6. The van der Waals surface area contributed by atoms with Gasteiger partial charge in [0.2, 0.25) is 5.82 Å². The molecule has 0 atom stereocenters. The lowest BCUT2D eigenvalue weighted by atomic mass is 9.87. The molecule has 10 nitrogen and oxygen atoms in total. The van der Waals surface area contributed by atoms with Crippen molar-refractivity contribution in [3.05, 3.63) is 35.9 Å². The molecule has 2 fully saturated rings. The number of carbonyl (C=O) groups excluding carboxylic acids is 1. The Bertz CT molecular complexity index is 1200. The molecule has 1 saturated heterocycles. The molecule has 2 aliphatic rings. The van der Waals surface area contributed by atoms with Gasteiger partial charge in [0.25, 0.3) is 12.3 Å². The predicted octanol–water partition coefficient (Wildman–Crippen LogP) is 1.79. The number of hydrogen-bond donors (Lipinski definition) is 2. The summed E-state index contributed by atoms with van der Waals surface area (Å²) in [4.78, 5) is 19.0. The summed E-state index contributed by atoms with van der Waals surface area (Å²) < 4.78 is 38.2. The van der Waals surface area contributed by atoms with Crippen LogP contribution >= 0.6 is 0 Å². The van der Waals surface area contributed by atoms with E-state index < -0.39 is 12.3 Å². The number of hydrogen-bond acceptors (Lipinski definition) is 6. The smallest absolute Gasteiger partial charge is 0.363 e. The second-order valence-electron chi connectivity index (χ2n) is 9.20. The van der Waals surface area contributed by atoms with E-state index in [2.05, 4.69) is 15.0 Å². The maximum atomic E-state index is 14.1. The van der Waals surface area contributed by atoms with Crippen molar-refractivity contribution in [3.63, 3.8) is 0 Å². The van der Waals surface area contributed by atoms with Gasteiger partial charge in [0.15, 0.2) is 11.3 Å². The highest BCUT2D eigenvalue weighted by Crippen LogP contribution is 2.34. The Morgan fingerprint density at radius 1 is 1.23 bits per heavy atom. The zero-order chi connectivity index (χ0) is 24.5. The van der Waals surface area contributed by atoms with Crippen LogP contribution in [-0.2, 0) is 4.74 Å². The number of nitrogens with zero attached hydrogens (tertiary/aromatic N) is 6. The maximum absolute atomic E-state index is 14.1. The van der Waals surface area contributed by atoms with E-state index in [0.717, 1.165) is 38.6 Å². The third-order valence-electron chi connectivity index (χ3n) is 6.98. The molecule has 0 radical (unpaired) electrons. The van der Waals surface area contributed by atoms with Crippen molar-refractivity contribution in [1.82, 2.24) is 19.4 Å². The average Bonchev–Trinajstić information content (AvgIpc) is 3.36. The number of carbonyl (C=O) groups is 1. The second-order valence-corrected chi connectivity index (χ2v) is 9.20. The van der Waals surface area contributed by atoms with Crippen LogP contribution in [0.3, 0.4) is 0 Å². The molecule has 1 amide bonds. The molecule has 5 rings (SSSR count). The van der Waals surface area contributed by atoms with Gasteiger partial charge >= 0.3 is 5.65 Å². The fourth-order valence-corrected chi connectivity index (χ4v) is 5.02. The van der Waals surface area contributed by atoms with Gasteiger partial charge in [0.05, 0.1) is 25.0 Å². The first-order valence-corrected chi connectivity index (χ1v) is 12.0. The number of rotatable bonds is 6. The standard InChI is InChI=1S/C23H29F2N7O3/c24-21(25)20-18(13-30(28-20)16-4-2-15(14-33)3-5-16)32-12-17(22(26)34)23-27-19(6-8-31(23)32)29-7-1-10-35-11-9-29/h6,8,12-13,15-16,21,33H,1-5,7,9-11,14H2,(H-,26,34)/p+1. The first-order chi connectivity index (χ1) is 17.0. The highest BCUT2D eigenvalue weighted by molar-refractivity contribution is 5.97. The third kappa shape index (κ3) is 4.59. The van der Waals surface area contributed by atoms with Crippen molar-refractivity contribution >= 4 is 17.4 Å². The molecule has 1 saturated carbocycles. The average molecular weight is 491 g/mol. The number of halogens is 2. The first-order valence-electron chi connectivity index (χ1n) is 12.0. The molecule has 35 heavy (non-hydrogen) atoms. The summed E-state index contributed by atoms with van der Waals surface area (Å²) in [5, 5.41) is 13.6. The maximum Gasteiger partial charge on any atom is 0.363 e. The number of primary amides is 1. The Morgan fingerprint density at radius 2 is 2.03 bits per heavy atom. The van der Waals surface area contributed by atoms with Gasteiger partial charge in [-0.25, -0.2) is 8.78 Å². The molecule has 0 bridgehead atoms. The molecule has 0 aromatic carbocycles. The molecule has 0 unspecified atom stereocenters. The van der Waals surface area contributed by atoms with Gasteiger partial charge in [-0.3, -0.25) is 9.48 Å². The van der Waals surface area contributed by atoms with Crippen molar-refractivity contribution in [2.24, 2.45) is 11.7 Å². The lowest BCUT2D eigenvalue weighted by Gasteiger charge is -2.27. The number of amides is 1. The molecular formula is C23H30F2N7O3+. The zero-order valence-corrected chi connectivity index (χ0v) is 19.4. The van der Waals surface area contributed by atoms with E-state index in [1.165, 1.54) is 10.9 Å². The third-order valence-corrected chi connectivity index (χ3v) is 6.98. The largest absolute Gasteiger partial charge is 0.396 e. The summed E-state index contributed by atoms with van der Waals surface area (Å²) in [5.74, 6) is 0.216. The summed E-state index contributed by atoms with van der Waals surface area (Å²) in [6.45, 7) is 2.82. The normalized spacial score (nSPS) is 21.5. The molecule has 0 spiro atoms. The van der Waals surface area contributed by atoms with Gasteiger partial charge in [0.1, 0.15) is 11.9 Å². The number of fused-ring (bicyclic) bond motifs is 1. The number of aromatic nitrogens is 5. The Labute approximate surface area is 200 Å². The summed E-state index contributed by atoms with van der Waals surface area (Å²) in [5.41, 5.74) is 5.86. The summed E-state index contributed by atoms with van der Waals surface area (Å²) in [6, 6.07) is 1.77. The lowest BCUT2D eigenvalue weighted by Crippen LogP contribution is -2.34. The number of aliphatic hydroxyl groups is 1. The van der Waals surface area contributed by atoms with E-state index in [1.807, 2.05) is 0 Å². The van der Waals surface area contributed by atoms with Crippen LogP contribution in [0.4, 0.5) is 14.6 Å². The fourth-order valence-electron chi connectivity index (χ4n) is 5.02. The van der Waals surface area contributed by atoms with Crippen LogP contribution in [0, 0.1) is 5.92 Å². The van der Waals surface area contributed by atoms with E-state index in [1.54, 1.807) is 27.7 Å². The minimum absolute atomic E-state index is 0.0264. The summed E-state index contributed by atoms with van der Waals surface area (Å²) in [7, 11) is 0. The van der Waals surface area contributed by atoms with Crippen LogP contribution in [0.25, 0.3) is 11.3 Å². The number of anilines is 1. The zero-order valence-electron chi connectivity index (χ0n) is 19.4. The number of alkyl halides is 2. The van der Waals surface area contributed by atoms with E-state index in [4.69, 9.17) is 10.5 Å². The molecule has 188 valence electrons. The van der Waals surface area contributed by atoms with Crippen molar-refractivity contribution < 1.29 is 27.9 Å². The monoisotopic (exact) mass is 490 g/mol. The van der Waals surface area contributed by atoms with Crippen LogP contribution in [-0.4, -0.2) is 63.4 Å². The fraction of sp³-hybridized carbons (Fsp3) is 0.565. The molecule has 4 heterocycles. The van der Waals surface area contributed by atoms with Crippen molar-refractivity contribution in [1.29, 1.82) is 0 Å². The minimum atomic E-state index is -2.81. The quantitative estimate of drug-likeness (QED) is 0.509. The highest BCUT2D eigenvalue weighted by Gasteiger charge is 2.31. The van der Waals surface area contributed by atoms with Crippen molar-refractivity contribution in [3.8, 4) is 5.69 Å². The van der Waals surface area contributed by atoms with E-state index in [0.29, 0.717) is 25.6 Å². The van der Waals surface area contributed by atoms with E-state index in [-0.39, 0.29) is 41.2 Å². The SMILES string of the molecule is NC(=O)c1cn(-c2cn(C3CCC(CO)CC3)nc2C(F)F)[n+]2ccc(N3CCCOCC3)nc12. The van der Waals surface area contributed by atoms with Crippen LogP contribution in [0.5, 0.6) is 0 Å². The van der Waals surface area contributed by atoms with Gasteiger partial charge in [0, 0.05) is 32.4 Å². The number of nitrogens with two attached hydrogens (primary N) is 1. The van der Waals surface area contributed by atoms with Crippen LogP contribution in [0.15, 0.2) is 24.7 Å². The Hall–Kier alpha value is -3.12. The minimum Gasteiger partial charge on any atom is -0.396 e. The van der Waals surface area contributed by atoms with Gasteiger partial charge in [-0.05, 0) is 43.0 Å². The number of aliphatic hydroxyl groups excluding tert-OH is 1. The van der Waals surface area contributed by atoms with Crippen molar-refractivity contribution in [2.45, 2.75) is 44.6 Å². The van der Waals surface area contributed by atoms with Gasteiger partial charge in [-0.15, -0.1) is 4.52 Å². The summed E-state index contributed by atoms with van der Waals surface area (Å²) >= 11 is 0.